The lowest BCUT2D eigenvalue weighted by Crippen LogP contribution is -2.49. The van der Waals surface area contributed by atoms with Crippen LogP contribution in [0.2, 0.25) is 0 Å². The van der Waals surface area contributed by atoms with Crippen molar-refractivity contribution in [2.24, 2.45) is 0 Å². The highest BCUT2D eigenvalue weighted by Gasteiger charge is 2.22. The van der Waals surface area contributed by atoms with Gasteiger partial charge in [-0.1, -0.05) is 6.07 Å². The Morgan fingerprint density at radius 1 is 0.964 bits per heavy atom. The van der Waals surface area contributed by atoms with Crippen molar-refractivity contribution < 1.29 is 18.7 Å². The van der Waals surface area contributed by atoms with Crippen LogP contribution in [-0.4, -0.2) is 51.2 Å². The molecule has 1 heterocycles. The normalized spacial score (nSPS) is 14.8. The average molecular weight is 384 g/mol. The van der Waals surface area contributed by atoms with Crippen molar-refractivity contribution in [1.29, 1.82) is 0 Å². The zero-order valence-corrected chi connectivity index (χ0v) is 16.4. The molecule has 0 saturated carbocycles. The first-order valence-electron chi connectivity index (χ1n) is 9.22. The molecule has 3 rings (SSSR count). The van der Waals surface area contributed by atoms with Crippen LogP contribution in [0.3, 0.4) is 0 Å². The van der Waals surface area contributed by atoms with Gasteiger partial charge in [0.25, 0.3) is 0 Å². The van der Waals surface area contributed by atoms with Gasteiger partial charge in [0.1, 0.15) is 5.82 Å². The zero-order chi connectivity index (χ0) is 20.1. The molecule has 148 valence electrons. The number of anilines is 1. The third kappa shape index (κ3) is 4.44. The van der Waals surface area contributed by atoms with E-state index in [4.69, 9.17) is 9.47 Å². The van der Waals surface area contributed by atoms with E-state index in [0.29, 0.717) is 30.2 Å². The molecule has 28 heavy (non-hydrogen) atoms. The summed E-state index contributed by atoms with van der Waals surface area (Å²) in [6.07, 6.45) is 1.86. The lowest BCUT2D eigenvalue weighted by molar-refractivity contribution is -0.127. The molecule has 0 aromatic heterocycles. The number of benzene rings is 2. The molecule has 0 N–H and O–H groups in total. The van der Waals surface area contributed by atoms with E-state index in [1.165, 1.54) is 12.1 Å². The van der Waals surface area contributed by atoms with Gasteiger partial charge in [-0.15, -0.1) is 0 Å². The molecule has 0 atom stereocenters. The van der Waals surface area contributed by atoms with Crippen LogP contribution in [0.5, 0.6) is 11.5 Å². The Labute approximate surface area is 165 Å². The quantitative estimate of drug-likeness (QED) is 0.739. The summed E-state index contributed by atoms with van der Waals surface area (Å²) < 4.78 is 23.7. The summed E-state index contributed by atoms with van der Waals surface area (Å²) >= 11 is 0. The van der Waals surface area contributed by atoms with Crippen molar-refractivity contribution in [3.05, 3.63) is 59.4 Å². The van der Waals surface area contributed by atoms with Gasteiger partial charge < -0.3 is 19.3 Å². The third-order valence-corrected chi connectivity index (χ3v) is 4.89. The second kappa shape index (κ2) is 8.78. The standard InChI is InChI=1S/C22H25FN2O3/c1-16(14-17-4-9-20(27-2)21(15-17)28-3)22(26)25-12-10-24(11-13-25)19-7-5-18(23)6-8-19/h4-9,14-15H,10-13H2,1-3H3/b16-14+. The first-order chi connectivity index (χ1) is 13.5. The molecule has 2 aromatic carbocycles. The number of piperazine rings is 1. The second-order valence-corrected chi connectivity index (χ2v) is 6.70. The van der Waals surface area contributed by atoms with Crippen LogP contribution >= 0.6 is 0 Å². The minimum absolute atomic E-state index is 0.0218. The number of methoxy groups -OCH3 is 2. The molecule has 1 amide bonds. The van der Waals surface area contributed by atoms with Crippen molar-refractivity contribution in [2.75, 3.05) is 45.3 Å². The largest absolute Gasteiger partial charge is 0.493 e. The molecule has 0 bridgehead atoms. The van der Waals surface area contributed by atoms with E-state index in [1.807, 2.05) is 36.1 Å². The van der Waals surface area contributed by atoms with Crippen LogP contribution in [0.15, 0.2) is 48.0 Å². The summed E-state index contributed by atoms with van der Waals surface area (Å²) in [4.78, 5) is 16.8. The van der Waals surface area contributed by atoms with Gasteiger partial charge >= 0.3 is 0 Å². The zero-order valence-electron chi connectivity index (χ0n) is 16.4. The van der Waals surface area contributed by atoms with Crippen LogP contribution in [0.1, 0.15) is 12.5 Å². The number of carbonyl (C=O) groups excluding carboxylic acids is 1. The van der Waals surface area contributed by atoms with Crippen molar-refractivity contribution >= 4 is 17.7 Å². The van der Waals surface area contributed by atoms with Crippen LogP contribution < -0.4 is 14.4 Å². The Morgan fingerprint density at radius 2 is 1.61 bits per heavy atom. The van der Waals surface area contributed by atoms with Crippen LogP contribution in [-0.2, 0) is 4.79 Å². The maximum atomic E-state index is 13.1. The van der Waals surface area contributed by atoms with E-state index < -0.39 is 0 Å². The summed E-state index contributed by atoms with van der Waals surface area (Å²) in [6.45, 7) is 4.54. The molecule has 1 aliphatic rings. The van der Waals surface area contributed by atoms with Gasteiger partial charge in [-0.25, -0.2) is 4.39 Å². The van der Waals surface area contributed by atoms with Crippen molar-refractivity contribution in [1.82, 2.24) is 4.90 Å². The highest BCUT2D eigenvalue weighted by atomic mass is 19.1. The van der Waals surface area contributed by atoms with E-state index in [0.717, 1.165) is 24.3 Å². The van der Waals surface area contributed by atoms with Crippen molar-refractivity contribution in [3.63, 3.8) is 0 Å². The van der Waals surface area contributed by atoms with Gasteiger partial charge in [0.2, 0.25) is 5.91 Å². The van der Waals surface area contributed by atoms with Gasteiger partial charge in [-0.2, -0.15) is 0 Å². The molecular weight excluding hydrogens is 359 g/mol. The monoisotopic (exact) mass is 384 g/mol. The highest BCUT2D eigenvalue weighted by Crippen LogP contribution is 2.28. The summed E-state index contributed by atoms with van der Waals surface area (Å²) in [5.41, 5.74) is 2.53. The lowest BCUT2D eigenvalue weighted by Gasteiger charge is -2.36. The number of amides is 1. The second-order valence-electron chi connectivity index (χ2n) is 6.70. The maximum absolute atomic E-state index is 13.1. The lowest BCUT2D eigenvalue weighted by atomic mass is 10.1. The van der Waals surface area contributed by atoms with E-state index >= 15 is 0 Å². The Hall–Kier alpha value is -3.02. The fraction of sp³-hybridized carbons (Fsp3) is 0.318. The number of hydrogen-bond donors (Lipinski definition) is 0. The van der Waals surface area contributed by atoms with Crippen LogP contribution in [0.25, 0.3) is 6.08 Å². The number of ether oxygens (including phenoxy) is 2. The van der Waals surface area contributed by atoms with Gasteiger partial charge in [0.15, 0.2) is 11.5 Å². The molecule has 1 aliphatic heterocycles. The van der Waals surface area contributed by atoms with E-state index in [2.05, 4.69) is 4.90 Å². The van der Waals surface area contributed by atoms with Crippen molar-refractivity contribution in [3.8, 4) is 11.5 Å². The van der Waals surface area contributed by atoms with E-state index in [-0.39, 0.29) is 11.7 Å². The predicted molar refractivity (Wildman–Crippen MR) is 108 cm³/mol. The predicted octanol–water partition coefficient (Wildman–Crippen LogP) is 3.60. The Kier molecular flexibility index (Phi) is 6.19. The topological polar surface area (TPSA) is 42.0 Å². The molecule has 0 radical (unpaired) electrons. The van der Waals surface area contributed by atoms with Gasteiger partial charge in [-0.05, 0) is 55.0 Å². The molecule has 1 saturated heterocycles. The Bertz CT molecular complexity index is 857. The molecule has 0 spiro atoms. The molecule has 1 fully saturated rings. The number of rotatable bonds is 5. The van der Waals surface area contributed by atoms with E-state index in [9.17, 15) is 9.18 Å². The summed E-state index contributed by atoms with van der Waals surface area (Å²) in [5.74, 6) is 1.06. The molecule has 6 heteroatoms. The summed E-state index contributed by atoms with van der Waals surface area (Å²) in [5, 5.41) is 0. The Balaban J connectivity index is 1.64. The maximum Gasteiger partial charge on any atom is 0.249 e. The smallest absolute Gasteiger partial charge is 0.249 e. The van der Waals surface area contributed by atoms with E-state index in [1.54, 1.807) is 26.4 Å². The first-order valence-corrected chi connectivity index (χ1v) is 9.22. The van der Waals surface area contributed by atoms with Crippen LogP contribution in [0.4, 0.5) is 10.1 Å². The summed E-state index contributed by atoms with van der Waals surface area (Å²) in [7, 11) is 3.18. The number of halogens is 1. The fourth-order valence-corrected chi connectivity index (χ4v) is 3.32. The molecule has 0 aliphatic carbocycles. The summed E-state index contributed by atoms with van der Waals surface area (Å²) in [6, 6.07) is 12.0. The minimum Gasteiger partial charge on any atom is -0.493 e. The average Bonchev–Trinajstić information content (AvgIpc) is 2.73. The van der Waals surface area contributed by atoms with Crippen LogP contribution in [0, 0.1) is 5.82 Å². The highest BCUT2D eigenvalue weighted by molar-refractivity contribution is 5.97. The molecular formula is C22H25FN2O3. The van der Waals surface area contributed by atoms with Gasteiger partial charge in [0, 0.05) is 37.4 Å². The van der Waals surface area contributed by atoms with Crippen molar-refractivity contribution in [2.45, 2.75) is 6.92 Å². The Morgan fingerprint density at radius 3 is 2.21 bits per heavy atom. The molecule has 5 nitrogen and oxygen atoms in total. The minimum atomic E-state index is -0.242. The van der Waals surface area contributed by atoms with Gasteiger partial charge in [-0.3, -0.25) is 4.79 Å². The number of nitrogens with zero attached hydrogens (tertiary/aromatic N) is 2. The first kappa shape index (κ1) is 19.7. The number of carbonyl (C=O) groups is 1. The fourth-order valence-electron chi connectivity index (χ4n) is 3.32. The van der Waals surface area contributed by atoms with Gasteiger partial charge in [0.05, 0.1) is 14.2 Å². The third-order valence-electron chi connectivity index (χ3n) is 4.89. The molecule has 2 aromatic rings. The molecule has 0 unspecified atom stereocenters. The SMILES string of the molecule is COc1ccc(/C=C(\C)C(=O)N2CCN(c3ccc(F)cc3)CC2)cc1OC. The number of hydrogen-bond acceptors (Lipinski definition) is 4.